The maximum Gasteiger partial charge on any atom is 0.305 e. The van der Waals surface area contributed by atoms with Gasteiger partial charge in [0, 0.05) is 12.8 Å². The summed E-state index contributed by atoms with van der Waals surface area (Å²) in [6.07, 6.45) is 86.5. The monoisotopic (exact) mass is 1100 g/mol. The van der Waals surface area contributed by atoms with Crippen LogP contribution in [0.5, 0.6) is 0 Å². The van der Waals surface area contributed by atoms with E-state index in [0.29, 0.717) is 19.4 Å². The number of esters is 1. The molecule has 2 unspecified atom stereocenters. The molecule has 78 heavy (non-hydrogen) atoms. The number of carbonyl (C=O) groups excluding carboxylic acids is 2. The molecule has 0 heterocycles. The predicted molar refractivity (Wildman–Crippen MR) is 343 cm³/mol. The van der Waals surface area contributed by atoms with Crippen LogP contribution in [0.1, 0.15) is 386 Å². The number of rotatable bonds is 66. The molecule has 460 valence electrons. The van der Waals surface area contributed by atoms with Gasteiger partial charge in [-0.15, -0.1) is 0 Å². The van der Waals surface area contributed by atoms with Gasteiger partial charge in [-0.25, -0.2) is 0 Å². The Hall–Kier alpha value is -1.92. The Morgan fingerprint density at radius 3 is 0.974 bits per heavy atom. The number of aliphatic hydroxyl groups is 2. The van der Waals surface area contributed by atoms with Gasteiger partial charge in [-0.3, -0.25) is 9.59 Å². The molecule has 6 heteroatoms. The first-order chi connectivity index (χ1) is 38.5. The van der Waals surface area contributed by atoms with Crippen LogP contribution in [0.25, 0.3) is 0 Å². The number of hydrogen-bond donors (Lipinski definition) is 3. The van der Waals surface area contributed by atoms with Crippen molar-refractivity contribution in [2.75, 3.05) is 13.2 Å². The van der Waals surface area contributed by atoms with Crippen molar-refractivity contribution in [3.8, 4) is 0 Å². The summed E-state index contributed by atoms with van der Waals surface area (Å²) < 4.78 is 5.50. The summed E-state index contributed by atoms with van der Waals surface area (Å²) in [4.78, 5) is 24.6. The van der Waals surface area contributed by atoms with E-state index in [4.69, 9.17) is 4.74 Å². The van der Waals surface area contributed by atoms with Crippen molar-refractivity contribution >= 4 is 11.9 Å². The van der Waals surface area contributed by atoms with Gasteiger partial charge in [0.25, 0.3) is 0 Å². The molecule has 0 aromatic heterocycles. The smallest absolute Gasteiger partial charge is 0.305 e. The number of allylic oxidation sites excluding steroid dienone is 5. The first kappa shape index (κ1) is 76.1. The van der Waals surface area contributed by atoms with Crippen molar-refractivity contribution in [3.05, 3.63) is 36.5 Å². The van der Waals surface area contributed by atoms with Gasteiger partial charge in [-0.1, -0.05) is 346 Å². The molecule has 0 saturated heterocycles. The van der Waals surface area contributed by atoms with Crippen LogP contribution in [0.4, 0.5) is 0 Å². The Kier molecular flexibility index (Phi) is 65.9. The van der Waals surface area contributed by atoms with E-state index in [9.17, 15) is 19.8 Å². The van der Waals surface area contributed by atoms with Crippen molar-refractivity contribution in [3.63, 3.8) is 0 Å². The van der Waals surface area contributed by atoms with Gasteiger partial charge in [0.1, 0.15) is 0 Å². The van der Waals surface area contributed by atoms with Crippen molar-refractivity contribution in [2.45, 2.75) is 398 Å². The van der Waals surface area contributed by atoms with Crippen LogP contribution >= 0.6 is 0 Å². The SMILES string of the molecule is CCCCCCCCCCCCCCCCC/C=C/C(O)C(CO)NC(=O)CCCCCCCCCCCCC/C=C\C/C=C\CCCCCCCCCCCOC(=O)CCCCCCCCCCCCCCCCCCC. The van der Waals surface area contributed by atoms with Crippen molar-refractivity contribution in [1.82, 2.24) is 5.32 Å². The third-order valence-electron chi connectivity index (χ3n) is 16.4. The van der Waals surface area contributed by atoms with Gasteiger partial charge in [0.2, 0.25) is 5.91 Å². The molecule has 2 atom stereocenters. The fourth-order valence-corrected chi connectivity index (χ4v) is 11.0. The van der Waals surface area contributed by atoms with Crippen LogP contribution < -0.4 is 5.32 Å². The van der Waals surface area contributed by atoms with E-state index in [1.54, 1.807) is 6.08 Å². The Labute approximate surface area is 487 Å². The van der Waals surface area contributed by atoms with E-state index < -0.39 is 12.1 Å². The lowest BCUT2D eigenvalue weighted by Gasteiger charge is -2.20. The van der Waals surface area contributed by atoms with Crippen LogP contribution in [0.2, 0.25) is 0 Å². The quantitative estimate of drug-likeness (QED) is 0.0320. The first-order valence-electron chi connectivity index (χ1n) is 35.3. The molecule has 0 spiro atoms. The van der Waals surface area contributed by atoms with Gasteiger partial charge < -0.3 is 20.3 Å². The van der Waals surface area contributed by atoms with Gasteiger partial charge in [-0.05, 0) is 64.2 Å². The molecular formula is C72H137NO5. The van der Waals surface area contributed by atoms with Crippen LogP contribution in [0.15, 0.2) is 36.5 Å². The number of carbonyl (C=O) groups is 2. The number of unbranched alkanes of at least 4 members (excludes halogenated alkanes) is 51. The maximum atomic E-state index is 12.5. The molecule has 0 rings (SSSR count). The Morgan fingerprint density at radius 1 is 0.359 bits per heavy atom. The summed E-state index contributed by atoms with van der Waals surface area (Å²) in [6, 6.07) is -0.631. The van der Waals surface area contributed by atoms with Crippen LogP contribution in [-0.4, -0.2) is 47.4 Å². The average Bonchev–Trinajstić information content (AvgIpc) is 3.44. The number of ether oxygens (including phenoxy) is 1. The standard InChI is InChI=1S/C72H137NO5/c1-3-5-7-9-11-13-15-17-19-32-36-40-44-48-52-56-60-64-70(75)69(68-74)73-71(76)65-61-57-53-49-45-41-37-34-30-28-26-24-22-21-23-25-27-29-31-35-39-43-47-51-55-59-63-67-78-72(77)66-62-58-54-50-46-42-38-33-20-18-16-14-12-10-8-6-4-2/h21-22,25,27,60,64,69-70,74-75H,3-20,23-24,26,28-59,61-63,65-68H2,1-2H3,(H,73,76)/b22-21-,27-25-,64-60+. The second-order valence-corrected chi connectivity index (χ2v) is 24.2. The molecule has 0 aliphatic heterocycles. The largest absolute Gasteiger partial charge is 0.466 e. The molecule has 0 saturated carbocycles. The summed E-state index contributed by atoms with van der Waals surface area (Å²) in [7, 11) is 0. The lowest BCUT2D eigenvalue weighted by molar-refractivity contribution is -0.143. The molecule has 3 N–H and O–H groups in total. The minimum Gasteiger partial charge on any atom is -0.466 e. The highest BCUT2D eigenvalue weighted by Crippen LogP contribution is 2.18. The summed E-state index contributed by atoms with van der Waals surface area (Å²) in [5, 5.41) is 23.2. The lowest BCUT2D eigenvalue weighted by Crippen LogP contribution is -2.45. The summed E-state index contributed by atoms with van der Waals surface area (Å²) in [5.41, 5.74) is 0. The van der Waals surface area contributed by atoms with Crippen LogP contribution in [-0.2, 0) is 14.3 Å². The first-order valence-corrected chi connectivity index (χ1v) is 35.3. The number of hydrogen-bond acceptors (Lipinski definition) is 5. The molecular weight excluding hydrogens is 959 g/mol. The molecule has 0 radical (unpaired) electrons. The highest BCUT2D eigenvalue weighted by molar-refractivity contribution is 5.76. The van der Waals surface area contributed by atoms with Gasteiger partial charge >= 0.3 is 5.97 Å². The Balaban J connectivity index is 3.42. The van der Waals surface area contributed by atoms with Crippen LogP contribution in [0.3, 0.4) is 0 Å². The van der Waals surface area contributed by atoms with Crippen molar-refractivity contribution in [2.24, 2.45) is 0 Å². The Bertz CT molecular complexity index is 1260. The molecule has 6 nitrogen and oxygen atoms in total. The van der Waals surface area contributed by atoms with E-state index in [1.807, 2.05) is 6.08 Å². The zero-order chi connectivity index (χ0) is 56.4. The number of nitrogens with one attached hydrogen (secondary N) is 1. The minimum atomic E-state index is -0.847. The van der Waals surface area contributed by atoms with Crippen LogP contribution in [0, 0.1) is 0 Å². The van der Waals surface area contributed by atoms with Gasteiger partial charge in [0.05, 0.1) is 25.4 Å². The average molecular weight is 1100 g/mol. The Morgan fingerprint density at radius 2 is 0.641 bits per heavy atom. The summed E-state index contributed by atoms with van der Waals surface area (Å²) in [5.74, 6) is -0.0539. The zero-order valence-electron chi connectivity index (χ0n) is 52.7. The second kappa shape index (κ2) is 67.6. The molecule has 1 amide bonds. The summed E-state index contributed by atoms with van der Waals surface area (Å²) >= 11 is 0. The second-order valence-electron chi connectivity index (χ2n) is 24.2. The van der Waals surface area contributed by atoms with E-state index in [1.165, 1.54) is 315 Å². The number of aliphatic hydroxyl groups excluding tert-OH is 2. The fourth-order valence-electron chi connectivity index (χ4n) is 11.0. The van der Waals surface area contributed by atoms with Gasteiger partial charge in [-0.2, -0.15) is 0 Å². The topological polar surface area (TPSA) is 95.9 Å². The molecule has 0 aliphatic carbocycles. The molecule has 0 bridgehead atoms. The molecule has 0 aromatic carbocycles. The van der Waals surface area contributed by atoms with Crippen molar-refractivity contribution in [1.29, 1.82) is 0 Å². The van der Waals surface area contributed by atoms with Crippen molar-refractivity contribution < 1.29 is 24.5 Å². The summed E-state index contributed by atoms with van der Waals surface area (Å²) in [6.45, 7) is 4.94. The minimum absolute atomic E-state index is 0.0147. The lowest BCUT2D eigenvalue weighted by atomic mass is 10.0. The van der Waals surface area contributed by atoms with E-state index >= 15 is 0 Å². The van der Waals surface area contributed by atoms with E-state index in [2.05, 4.69) is 43.5 Å². The highest BCUT2D eigenvalue weighted by Gasteiger charge is 2.18. The predicted octanol–water partition coefficient (Wildman–Crippen LogP) is 22.7. The molecule has 0 aliphatic rings. The number of amides is 1. The molecule has 0 fully saturated rings. The van der Waals surface area contributed by atoms with Gasteiger partial charge in [0.15, 0.2) is 0 Å². The van der Waals surface area contributed by atoms with E-state index in [-0.39, 0.29) is 18.5 Å². The third-order valence-corrected chi connectivity index (χ3v) is 16.4. The zero-order valence-corrected chi connectivity index (χ0v) is 52.7. The maximum absolute atomic E-state index is 12.5. The third kappa shape index (κ3) is 63.3. The van der Waals surface area contributed by atoms with E-state index in [0.717, 1.165) is 44.9 Å². The normalized spacial score (nSPS) is 12.7. The fraction of sp³-hybridized carbons (Fsp3) is 0.889. The molecule has 0 aromatic rings. The highest BCUT2D eigenvalue weighted by atomic mass is 16.5.